The summed E-state index contributed by atoms with van der Waals surface area (Å²) in [5, 5.41) is 17.4. The first kappa shape index (κ1) is 12.9. The van der Waals surface area contributed by atoms with E-state index in [0.29, 0.717) is 5.75 Å². The van der Waals surface area contributed by atoms with Gasteiger partial charge >= 0.3 is 0 Å². The summed E-state index contributed by atoms with van der Waals surface area (Å²) < 4.78 is 0. The van der Waals surface area contributed by atoms with Gasteiger partial charge in [-0.15, -0.1) is 5.10 Å². The Kier molecular flexibility index (Phi) is 3.78. The Bertz CT molecular complexity index is 536. The van der Waals surface area contributed by atoms with Gasteiger partial charge in [0.2, 0.25) is 0 Å². The predicted octanol–water partition coefficient (Wildman–Crippen LogP) is 1.50. The summed E-state index contributed by atoms with van der Waals surface area (Å²) in [4.78, 5) is 4.68. The van der Waals surface area contributed by atoms with Crippen LogP contribution in [-0.4, -0.2) is 46.4 Å². The molecule has 2 heterocycles. The van der Waals surface area contributed by atoms with Crippen molar-refractivity contribution in [1.82, 2.24) is 15.1 Å². The van der Waals surface area contributed by atoms with Crippen LogP contribution >= 0.6 is 0 Å². The van der Waals surface area contributed by atoms with Crippen LogP contribution in [0.5, 0.6) is 5.75 Å². The Morgan fingerprint density at radius 1 is 1.00 bits per heavy atom. The van der Waals surface area contributed by atoms with Crippen LogP contribution in [0, 0.1) is 0 Å². The highest BCUT2D eigenvalue weighted by Crippen LogP contribution is 2.15. The topological polar surface area (TPSA) is 52.5 Å². The first-order valence-electron chi connectivity index (χ1n) is 6.84. The van der Waals surface area contributed by atoms with Crippen molar-refractivity contribution in [2.45, 2.75) is 6.54 Å². The summed E-state index contributed by atoms with van der Waals surface area (Å²) in [5.41, 5.74) is 1.23. The monoisotopic (exact) mass is 270 g/mol. The number of anilines is 1. The fourth-order valence-corrected chi connectivity index (χ4v) is 2.46. The van der Waals surface area contributed by atoms with Crippen molar-refractivity contribution >= 4 is 5.82 Å². The van der Waals surface area contributed by atoms with Gasteiger partial charge in [0.25, 0.3) is 0 Å². The molecule has 1 aliphatic rings. The molecule has 104 valence electrons. The first-order valence-corrected chi connectivity index (χ1v) is 6.84. The molecule has 1 aliphatic heterocycles. The number of nitrogens with zero attached hydrogens (tertiary/aromatic N) is 4. The van der Waals surface area contributed by atoms with E-state index in [-0.39, 0.29) is 0 Å². The third-order valence-electron chi connectivity index (χ3n) is 3.60. The van der Waals surface area contributed by atoms with E-state index in [9.17, 15) is 5.11 Å². The molecular formula is C15H18N4O. The average Bonchev–Trinajstić information content (AvgIpc) is 2.51. The molecule has 1 fully saturated rings. The van der Waals surface area contributed by atoms with Crippen LogP contribution in [0.3, 0.4) is 0 Å². The van der Waals surface area contributed by atoms with Crippen LogP contribution < -0.4 is 4.90 Å². The number of phenolic OH excluding ortho intramolecular Hbond substituents is 1. The van der Waals surface area contributed by atoms with Gasteiger partial charge in [0.1, 0.15) is 5.75 Å². The molecule has 0 atom stereocenters. The van der Waals surface area contributed by atoms with Crippen LogP contribution in [0.15, 0.2) is 42.6 Å². The molecule has 2 aromatic rings. The normalized spacial score (nSPS) is 16.3. The Hall–Kier alpha value is -2.14. The van der Waals surface area contributed by atoms with E-state index < -0.39 is 0 Å². The number of aromatic hydroxyl groups is 1. The van der Waals surface area contributed by atoms with E-state index in [0.717, 1.165) is 38.5 Å². The number of phenols is 1. The van der Waals surface area contributed by atoms with Crippen molar-refractivity contribution in [2.75, 3.05) is 31.1 Å². The van der Waals surface area contributed by atoms with Gasteiger partial charge in [0.05, 0.1) is 0 Å². The molecule has 0 saturated carbocycles. The van der Waals surface area contributed by atoms with Crippen molar-refractivity contribution in [3.8, 4) is 5.75 Å². The summed E-state index contributed by atoms with van der Waals surface area (Å²) in [5.74, 6) is 1.28. The van der Waals surface area contributed by atoms with Gasteiger partial charge in [0.15, 0.2) is 5.82 Å². The van der Waals surface area contributed by atoms with Crippen LogP contribution in [0.25, 0.3) is 0 Å². The molecule has 5 heteroatoms. The molecule has 0 bridgehead atoms. The third-order valence-corrected chi connectivity index (χ3v) is 3.60. The van der Waals surface area contributed by atoms with Crippen molar-refractivity contribution in [3.63, 3.8) is 0 Å². The maximum atomic E-state index is 9.29. The van der Waals surface area contributed by atoms with Crippen molar-refractivity contribution in [3.05, 3.63) is 48.2 Å². The number of aromatic nitrogens is 2. The van der Waals surface area contributed by atoms with Crippen LogP contribution in [0.1, 0.15) is 5.56 Å². The van der Waals surface area contributed by atoms with Crippen LogP contribution in [0.4, 0.5) is 5.82 Å². The minimum atomic E-state index is 0.321. The molecule has 0 amide bonds. The Morgan fingerprint density at radius 3 is 2.40 bits per heavy atom. The molecule has 0 unspecified atom stereocenters. The number of piperazine rings is 1. The van der Waals surface area contributed by atoms with Crippen LogP contribution in [-0.2, 0) is 6.54 Å². The zero-order chi connectivity index (χ0) is 13.8. The standard InChI is InChI=1S/C15H18N4O/c20-14-5-3-13(4-6-14)12-18-8-10-19(11-9-18)15-2-1-7-16-17-15/h1-7,20H,8-12H2. The molecule has 3 rings (SSSR count). The average molecular weight is 270 g/mol. The molecule has 1 aromatic carbocycles. The van der Waals surface area contributed by atoms with Gasteiger partial charge in [-0.2, -0.15) is 5.10 Å². The molecule has 1 saturated heterocycles. The SMILES string of the molecule is Oc1ccc(CN2CCN(c3cccnn3)CC2)cc1. The predicted molar refractivity (Wildman–Crippen MR) is 77.6 cm³/mol. The second kappa shape index (κ2) is 5.88. The fourth-order valence-electron chi connectivity index (χ4n) is 2.46. The van der Waals surface area contributed by atoms with E-state index >= 15 is 0 Å². The molecule has 1 aromatic heterocycles. The van der Waals surface area contributed by atoms with Crippen molar-refractivity contribution < 1.29 is 5.11 Å². The fraction of sp³-hybridized carbons (Fsp3) is 0.333. The zero-order valence-electron chi connectivity index (χ0n) is 11.3. The minimum absolute atomic E-state index is 0.321. The molecule has 0 aliphatic carbocycles. The largest absolute Gasteiger partial charge is 0.508 e. The number of rotatable bonds is 3. The van der Waals surface area contributed by atoms with Gasteiger partial charge < -0.3 is 10.0 Å². The second-order valence-corrected chi connectivity index (χ2v) is 5.01. The number of hydrogen-bond acceptors (Lipinski definition) is 5. The van der Waals surface area contributed by atoms with E-state index in [1.54, 1.807) is 18.3 Å². The molecule has 1 N–H and O–H groups in total. The van der Waals surface area contributed by atoms with E-state index in [1.165, 1.54) is 5.56 Å². The summed E-state index contributed by atoms with van der Waals surface area (Å²) in [7, 11) is 0. The lowest BCUT2D eigenvalue weighted by molar-refractivity contribution is 0.249. The molecule has 20 heavy (non-hydrogen) atoms. The van der Waals surface area contributed by atoms with E-state index in [2.05, 4.69) is 20.0 Å². The Labute approximate surface area is 118 Å². The van der Waals surface area contributed by atoms with Crippen molar-refractivity contribution in [1.29, 1.82) is 0 Å². The van der Waals surface area contributed by atoms with Gasteiger partial charge in [0, 0.05) is 38.9 Å². The minimum Gasteiger partial charge on any atom is -0.508 e. The van der Waals surface area contributed by atoms with Gasteiger partial charge in [-0.05, 0) is 29.8 Å². The maximum Gasteiger partial charge on any atom is 0.151 e. The molecule has 5 nitrogen and oxygen atoms in total. The first-order chi connectivity index (χ1) is 9.81. The summed E-state index contributed by atoms with van der Waals surface area (Å²) in [6.45, 7) is 4.89. The quantitative estimate of drug-likeness (QED) is 0.916. The van der Waals surface area contributed by atoms with Gasteiger partial charge in [-0.25, -0.2) is 0 Å². The Morgan fingerprint density at radius 2 is 1.75 bits per heavy atom. The molecular weight excluding hydrogens is 252 g/mol. The highest BCUT2D eigenvalue weighted by molar-refractivity contribution is 5.37. The van der Waals surface area contributed by atoms with E-state index in [4.69, 9.17) is 0 Å². The molecule has 0 spiro atoms. The second-order valence-electron chi connectivity index (χ2n) is 5.01. The highest BCUT2D eigenvalue weighted by Gasteiger charge is 2.18. The van der Waals surface area contributed by atoms with Crippen molar-refractivity contribution in [2.24, 2.45) is 0 Å². The molecule has 0 radical (unpaired) electrons. The lowest BCUT2D eigenvalue weighted by Crippen LogP contribution is -2.46. The smallest absolute Gasteiger partial charge is 0.151 e. The van der Waals surface area contributed by atoms with Gasteiger partial charge in [-0.3, -0.25) is 4.90 Å². The summed E-state index contributed by atoms with van der Waals surface area (Å²) in [6, 6.07) is 11.4. The third kappa shape index (κ3) is 3.05. The zero-order valence-corrected chi connectivity index (χ0v) is 11.3. The van der Waals surface area contributed by atoms with E-state index in [1.807, 2.05) is 24.3 Å². The maximum absolute atomic E-state index is 9.29. The highest BCUT2D eigenvalue weighted by atomic mass is 16.3. The Balaban J connectivity index is 1.55. The lowest BCUT2D eigenvalue weighted by atomic mass is 10.2. The number of hydrogen-bond donors (Lipinski definition) is 1. The summed E-state index contributed by atoms with van der Waals surface area (Å²) >= 11 is 0. The van der Waals surface area contributed by atoms with Gasteiger partial charge in [-0.1, -0.05) is 12.1 Å². The number of benzene rings is 1. The summed E-state index contributed by atoms with van der Waals surface area (Å²) in [6.07, 6.45) is 1.70. The van der Waals surface area contributed by atoms with Crippen LogP contribution in [0.2, 0.25) is 0 Å². The lowest BCUT2D eigenvalue weighted by Gasteiger charge is -2.35.